The number of aromatic nitrogens is 1. The molecule has 1 aromatic heterocycles. The molecule has 0 radical (unpaired) electrons. The largest absolute Gasteiger partial charge is 0.495 e. The molecule has 0 aliphatic rings. The maximum atomic E-state index is 11.7. The van der Waals surface area contributed by atoms with Crippen molar-refractivity contribution in [3.8, 4) is 5.75 Å². The Morgan fingerprint density at radius 2 is 1.96 bits per heavy atom. The zero-order valence-electron chi connectivity index (χ0n) is 13.5. The minimum atomic E-state index is 0.114. The summed E-state index contributed by atoms with van der Waals surface area (Å²) in [5.41, 5.74) is 3.12. The van der Waals surface area contributed by atoms with Gasteiger partial charge in [-0.3, -0.25) is 4.79 Å². The number of methoxy groups -OCH3 is 1. The molecule has 0 saturated carbocycles. The molecule has 3 nitrogen and oxygen atoms in total. The van der Waals surface area contributed by atoms with Gasteiger partial charge in [-0.05, 0) is 46.1 Å². The summed E-state index contributed by atoms with van der Waals surface area (Å²) in [6.07, 6.45) is 0.365. The van der Waals surface area contributed by atoms with Gasteiger partial charge in [0, 0.05) is 18.4 Å². The van der Waals surface area contributed by atoms with Crippen LogP contribution in [0.4, 0.5) is 0 Å². The van der Waals surface area contributed by atoms with Gasteiger partial charge >= 0.3 is 0 Å². The number of benzene rings is 2. The van der Waals surface area contributed by atoms with Crippen molar-refractivity contribution in [1.82, 2.24) is 4.57 Å². The monoisotopic (exact) mass is 405 g/mol. The molecule has 0 aliphatic carbocycles. The fourth-order valence-corrected chi connectivity index (χ4v) is 3.79. The number of hydrogen-bond acceptors (Lipinski definition) is 2. The van der Waals surface area contributed by atoms with Crippen LogP contribution in [0.5, 0.6) is 5.75 Å². The minimum absolute atomic E-state index is 0.114. The maximum absolute atomic E-state index is 11.7. The fourth-order valence-electron chi connectivity index (χ4n) is 2.88. The summed E-state index contributed by atoms with van der Waals surface area (Å²) in [5.74, 6) is 0.724. The van der Waals surface area contributed by atoms with Crippen LogP contribution in [-0.2, 0) is 17.8 Å². The Bertz CT molecular complexity index is 903. The number of carbonyl (C=O) groups excluding carboxylic acids is 1. The van der Waals surface area contributed by atoms with Gasteiger partial charge < -0.3 is 9.30 Å². The highest BCUT2D eigenvalue weighted by Gasteiger charge is 2.19. The minimum Gasteiger partial charge on any atom is -0.495 e. The van der Waals surface area contributed by atoms with Crippen molar-refractivity contribution in [3.05, 3.63) is 63.2 Å². The van der Waals surface area contributed by atoms with E-state index in [0.29, 0.717) is 23.7 Å². The summed E-state index contributed by atoms with van der Waals surface area (Å²) < 4.78 is 8.38. The van der Waals surface area contributed by atoms with Gasteiger partial charge in [-0.25, -0.2) is 0 Å². The number of ether oxygens (including phenoxy) is 1. The van der Waals surface area contributed by atoms with Crippen molar-refractivity contribution in [3.63, 3.8) is 0 Å². The van der Waals surface area contributed by atoms with Crippen molar-refractivity contribution >= 4 is 44.2 Å². The quantitative estimate of drug-likeness (QED) is 0.580. The lowest BCUT2D eigenvalue weighted by Gasteiger charge is -2.09. The Morgan fingerprint density at radius 1 is 1.25 bits per heavy atom. The highest BCUT2D eigenvalue weighted by Crippen LogP contribution is 2.37. The van der Waals surface area contributed by atoms with Gasteiger partial charge in [-0.2, -0.15) is 0 Å². The predicted molar refractivity (Wildman–Crippen MR) is 101 cm³/mol. The number of hydrogen-bond donors (Lipinski definition) is 0. The average molecular weight is 407 g/mol. The Morgan fingerprint density at radius 3 is 2.58 bits per heavy atom. The van der Waals surface area contributed by atoms with E-state index in [1.807, 2.05) is 30.3 Å². The molecule has 0 unspecified atom stereocenters. The predicted octanol–water partition coefficient (Wildman–Crippen LogP) is 5.25. The molecule has 0 spiro atoms. The molecule has 3 aromatic rings. The van der Waals surface area contributed by atoms with E-state index < -0.39 is 0 Å². The average Bonchev–Trinajstić information content (AvgIpc) is 2.80. The normalized spacial score (nSPS) is 11.0. The van der Waals surface area contributed by atoms with Crippen LogP contribution in [0.3, 0.4) is 0 Å². The van der Waals surface area contributed by atoms with Crippen molar-refractivity contribution in [1.29, 1.82) is 0 Å². The molecule has 0 bridgehead atoms. The molecule has 24 heavy (non-hydrogen) atoms. The SMILES string of the molecule is COc1cc2c(CC(C)=O)c(Br)n(Cc3ccccc3)c2cc1Cl. The molecular formula is C19H17BrClNO2. The number of rotatable bonds is 5. The van der Waals surface area contributed by atoms with Crippen molar-refractivity contribution in [2.45, 2.75) is 19.9 Å². The first-order chi connectivity index (χ1) is 11.5. The summed E-state index contributed by atoms with van der Waals surface area (Å²) in [4.78, 5) is 11.7. The van der Waals surface area contributed by atoms with Crippen molar-refractivity contribution in [2.24, 2.45) is 0 Å². The lowest BCUT2D eigenvalue weighted by molar-refractivity contribution is -0.116. The number of carbonyl (C=O) groups is 1. The summed E-state index contributed by atoms with van der Waals surface area (Å²) >= 11 is 10.0. The van der Waals surface area contributed by atoms with Crippen LogP contribution in [-0.4, -0.2) is 17.5 Å². The molecule has 0 amide bonds. The first-order valence-corrected chi connectivity index (χ1v) is 8.75. The Balaban J connectivity index is 2.22. The van der Waals surface area contributed by atoms with Gasteiger partial charge in [0.15, 0.2) is 0 Å². The van der Waals surface area contributed by atoms with Gasteiger partial charge in [0.1, 0.15) is 11.5 Å². The third kappa shape index (κ3) is 3.21. The van der Waals surface area contributed by atoms with Crippen LogP contribution in [0.1, 0.15) is 18.1 Å². The third-order valence-corrected chi connectivity index (χ3v) is 5.18. The number of Topliss-reactive ketones (excluding diaryl/α,β-unsaturated/α-hetero) is 1. The summed E-state index contributed by atoms with van der Waals surface area (Å²) in [6.45, 7) is 2.29. The fraction of sp³-hybridized carbons (Fsp3) is 0.211. The number of ketones is 1. The standard InChI is InChI=1S/C19H17BrClNO2/c1-12(23)8-15-14-9-18(24-2)16(21)10-17(14)22(19(15)20)11-13-6-4-3-5-7-13/h3-7,9-10H,8,11H2,1-2H3. The van der Waals surface area contributed by atoms with Crippen LogP contribution in [0.2, 0.25) is 5.02 Å². The van der Waals surface area contributed by atoms with E-state index in [4.69, 9.17) is 16.3 Å². The molecule has 5 heteroatoms. The van der Waals surface area contributed by atoms with E-state index in [2.05, 4.69) is 32.6 Å². The van der Waals surface area contributed by atoms with Gasteiger partial charge in [0.2, 0.25) is 0 Å². The molecule has 0 N–H and O–H groups in total. The molecule has 0 fully saturated rings. The molecule has 0 atom stereocenters. The van der Waals surface area contributed by atoms with Gasteiger partial charge in [0.25, 0.3) is 0 Å². The zero-order chi connectivity index (χ0) is 17.3. The second-order valence-corrected chi connectivity index (χ2v) is 6.88. The summed E-state index contributed by atoms with van der Waals surface area (Å²) in [6, 6.07) is 14.0. The number of nitrogens with zero attached hydrogens (tertiary/aromatic N) is 1. The van der Waals surface area contributed by atoms with Crippen molar-refractivity contribution < 1.29 is 9.53 Å². The van der Waals surface area contributed by atoms with Crippen LogP contribution >= 0.6 is 27.5 Å². The zero-order valence-corrected chi connectivity index (χ0v) is 15.8. The van der Waals surface area contributed by atoms with Crippen molar-refractivity contribution in [2.75, 3.05) is 7.11 Å². The Kier molecular flexibility index (Phi) is 4.97. The first-order valence-electron chi connectivity index (χ1n) is 7.58. The number of fused-ring (bicyclic) bond motifs is 1. The Labute approximate surface area is 154 Å². The molecule has 3 rings (SSSR count). The maximum Gasteiger partial charge on any atom is 0.138 e. The topological polar surface area (TPSA) is 31.2 Å². The van der Waals surface area contributed by atoms with Gasteiger partial charge in [-0.1, -0.05) is 41.9 Å². The summed E-state index contributed by atoms with van der Waals surface area (Å²) in [7, 11) is 1.59. The van der Waals surface area contributed by atoms with Crippen LogP contribution in [0, 0.1) is 0 Å². The van der Waals surface area contributed by atoms with E-state index >= 15 is 0 Å². The van der Waals surface area contributed by atoms with E-state index in [0.717, 1.165) is 21.1 Å². The Hall–Kier alpha value is -1.78. The second-order valence-electron chi connectivity index (χ2n) is 5.72. The first kappa shape index (κ1) is 17.1. The lowest BCUT2D eigenvalue weighted by atomic mass is 10.1. The smallest absolute Gasteiger partial charge is 0.138 e. The van der Waals surface area contributed by atoms with E-state index in [-0.39, 0.29) is 5.78 Å². The van der Waals surface area contributed by atoms with Gasteiger partial charge in [-0.15, -0.1) is 0 Å². The van der Waals surface area contributed by atoms with E-state index in [1.54, 1.807) is 14.0 Å². The second kappa shape index (κ2) is 6.99. The van der Waals surface area contributed by atoms with Gasteiger partial charge in [0.05, 0.1) is 22.3 Å². The van der Waals surface area contributed by atoms with Crippen LogP contribution < -0.4 is 4.74 Å². The van der Waals surface area contributed by atoms with E-state index in [9.17, 15) is 4.79 Å². The highest BCUT2D eigenvalue weighted by atomic mass is 79.9. The molecule has 1 heterocycles. The molecular weight excluding hydrogens is 390 g/mol. The van der Waals surface area contributed by atoms with Crippen LogP contribution in [0.25, 0.3) is 10.9 Å². The molecule has 0 saturated heterocycles. The molecule has 124 valence electrons. The third-order valence-electron chi connectivity index (χ3n) is 3.98. The highest BCUT2D eigenvalue weighted by molar-refractivity contribution is 9.10. The number of halogens is 2. The molecule has 2 aromatic carbocycles. The lowest BCUT2D eigenvalue weighted by Crippen LogP contribution is -2.01. The molecule has 0 aliphatic heterocycles. The van der Waals surface area contributed by atoms with Crippen LogP contribution in [0.15, 0.2) is 47.1 Å². The van der Waals surface area contributed by atoms with E-state index in [1.165, 1.54) is 5.56 Å². The summed E-state index contributed by atoms with van der Waals surface area (Å²) in [5, 5.41) is 1.54.